The van der Waals surface area contributed by atoms with Crippen LogP contribution >= 0.6 is 15.9 Å². The first-order valence-electron chi connectivity index (χ1n) is 4.85. The van der Waals surface area contributed by atoms with E-state index in [1.165, 1.54) is 0 Å². The zero-order valence-electron chi connectivity index (χ0n) is 8.88. The topological polar surface area (TPSA) is 41.1 Å². The zero-order chi connectivity index (χ0) is 11.3. The van der Waals surface area contributed by atoms with E-state index in [-0.39, 0.29) is 11.8 Å². The maximum absolute atomic E-state index is 11.7. The molecule has 4 heteroatoms. The molecule has 15 heavy (non-hydrogen) atoms. The number of anilines is 1. The summed E-state index contributed by atoms with van der Waals surface area (Å²) in [6, 6.07) is 7.58. The van der Waals surface area contributed by atoms with Gasteiger partial charge in [-0.05, 0) is 35.1 Å². The van der Waals surface area contributed by atoms with Gasteiger partial charge >= 0.3 is 0 Å². The van der Waals surface area contributed by atoms with Gasteiger partial charge in [-0.3, -0.25) is 4.79 Å². The van der Waals surface area contributed by atoms with E-state index < -0.39 is 0 Å². The van der Waals surface area contributed by atoms with E-state index in [1.54, 1.807) is 0 Å². The lowest BCUT2D eigenvalue weighted by Crippen LogP contribution is -2.28. The Kier molecular flexibility index (Phi) is 4.78. The predicted molar refractivity (Wildman–Crippen MR) is 65.9 cm³/mol. The van der Waals surface area contributed by atoms with E-state index in [0.29, 0.717) is 6.54 Å². The van der Waals surface area contributed by atoms with Gasteiger partial charge in [-0.25, -0.2) is 0 Å². The van der Waals surface area contributed by atoms with E-state index in [0.717, 1.165) is 10.2 Å². The van der Waals surface area contributed by atoms with Crippen LogP contribution in [0.2, 0.25) is 0 Å². The van der Waals surface area contributed by atoms with Gasteiger partial charge in [0.1, 0.15) is 0 Å². The fraction of sp³-hybridized carbons (Fsp3) is 0.364. The molecule has 0 aliphatic carbocycles. The Morgan fingerprint density at radius 3 is 2.73 bits per heavy atom. The second-order valence-electron chi connectivity index (χ2n) is 3.43. The first kappa shape index (κ1) is 12.2. The Hall–Kier alpha value is -0.870. The SMILES string of the molecule is CNCC(C)C(=O)Nc1ccccc1Br. The van der Waals surface area contributed by atoms with Crippen molar-refractivity contribution in [3.63, 3.8) is 0 Å². The smallest absolute Gasteiger partial charge is 0.228 e. The molecule has 3 nitrogen and oxygen atoms in total. The number of hydrogen-bond acceptors (Lipinski definition) is 2. The van der Waals surface area contributed by atoms with Gasteiger partial charge in [0, 0.05) is 16.9 Å². The Bertz CT molecular complexity index is 341. The molecule has 0 aromatic heterocycles. The van der Waals surface area contributed by atoms with Gasteiger partial charge in [-0.2, -0.15) is 0 Å². The third kappa shape index (κ3) is 3.64. The molecule has 1 aromatic rings. The molecule has 0 aliphatic rings. The van der Waals surface area contributed by atoms with Gasteiger partial charge < -0.3 is 10.6 Å². The summed E-state index contributed by atoms with van der Waals surface area (Å²) >= 11 is 3.38. The molecule has 0 bridgehead atoms. The maximum Gasteiger partial charge on any atom is 0.228 e. The fourth-order valence-electron chi connectivity index (χ4n) is 1.22. The second kappa shape index (κ2) is 5.88. The van der Waals surface area contributed by atoms with Gasteiger partial charge in [-0.1, -0.05) is 19.1 Å². The average Bonchev–Trinajstić information content (AvgIpc) is 2.21. The minimum atomic E-state index is -0.0397. The Morgan fingerprint density at radius 2 is 2.13 bits per heavy atom. The predicted octanol–water partition coefficient (Wildman–Crippen LogP) is 2.24. The van der Waals surface area contributed by atoms with E-state index in [2.05, 4.69) is 26.6 Å². The number of para-hydroxylation sites is 1. The van der Waals surface area contributed by atoms with Crippen LogP contribution < -0.4 is 10.6 Å². The third-order valence-corrected chi connectivity index (χ3v) is 2.78. The van der Waals surface area contributed by atoms with Gasteiger partial charge in [0.25, 0.3) is 0 Å². The molecule has 0 heterocycles. The number of benzene rings is 1. The summed E-state index contributed by atoms with van der Waals surface area (Å²) in [7, 11) is 1.84. The molecule has 1 amide bonds. The van der Waals surface area contributed by atoms with Crippen LogP contribution in [-0.2, 0) is 4.79 Å². The van der Waals surface area contributed by atoms with E-state index in [9.17, 15) is 4.79 Å². The van der Waals surface area contributed by atoms with Crippen molar-refractivity contribution in [2.75, 3.05) is 18.9 Å². The lowest BCUT2D eigenvalue weighted by Gasteiger charge is -2.12. The lowest BCUT2D eigenvalue weighted by molar-refractivity contribution is -0.119. The van der Waals surface area contributed by atoms with Gasteiger partial charge in [-0.15, -0.1) is 0 Å². The molecule has 82 valence electrons. The number of amides is 1. The molecule has 1 aromatic carbocycles. The number of rotatable bonds is 4. The molecule has 0 spiro atoms. The van der Waals surface area contributed by atoms with Crippen molar-refractivity contribution in [1.29, 1.82) is 0 Å². The first-order chi connectivity index (χ1) is 7.15. The minimum absolute atomic E-state index is 0.0243. The summed E-state index contributed by atoms with van der Waals surface area (Å²) in [6.45, 7) is 2.57. The molecule has 0 saturated heterocycles. The molecule has 1 rings (SSSR count). The van der Waals surface area contributed by atoms with Gasteiger partial charge in [0.05, 0.1) is 5.69 Å². The van der Waals surface area contributed by atoms with Crippen molar-refractivity contribution in [1.82, 2.24) is 5.32 Å². The molecular weight excluding hydrogens is 256 g/mol. The maximum atomic E-state index is 11.7. The van der Waals surface area contributed by atoms with Crippen molar-refractivity contribution in [3.8, 4) is 0 Å². The minimum Gasteiger partial charge on any atom is -0.325 e. The van der Waals surface area contributed by atoms with Crippen LogP contribution in [0.3, 0.4) is 0 Å². The van der Waals surface area contributed by atoms with Crippen LogP contribution in [0.4, 0.5) is 5.69 Å². The van der Waals surface area contributed by atoms with Crippen LogP contribution in [-0.4, -0.2) is 19.5 Å². The number of hydrogen-bond donors (Lipinski definition) is 2. The number of carbonyl (C=O) groups is 1. The second-order valence-corrected chi connectivity index (χ2v) is 4.28. The largest absolute Gasteiger partial charge is 0.325 e. The monoisotopic (exact) mass is 270 g/mol. The highest BCUT2D eigenvalue weighted by molar-refractivity contribution is 9.10. The molecule has 0 saturated carbocycles. The Morgan fingerprint density at radius 1 is 1.47 bits per heavy atom. The average molecular weight is 271 g/mol. The molecule has 0 aliphatic heterocycles. The summed E-state index contributed by atoms with van der Waals surface area (Å²) in [5.41, 5.74) is 0.811. The standard InChI is InChI=1S/C11H15BrN2O/c1-8(7-13-2)11(15)14-10-6-4-3-5-9(10)12/h3-6,8,13H,7H2,1-2H3,(H,14,15). The zero-order valence-corrected chi connectivity index (χ0v) is 10.5. The summed E-state index contributed by atoms with van der Waals surface area (Å²) in [5, 5.41) is 5.85. The number of carbonyl (C=O) groups excluding carboxylic acids is 1. The molecule has 0 fully saturated rings. The van der Waals surface area contributed by atoms with Crippen LogP contribution in [0.15, 0.2) is 28.7 Å². The molecule has 1 atom stereocenters. The fourth-order valence-corrected chi connectivity index (χ4v) is 1.60. The van der Waals surface area contributed by atoms with Crippen molar-refractivity contribution in [3.05, 3.63) is 28.7 Å². The Balaban J connectivity index is 2.62. The summed E-state index contributed by atoms with van der Waals surface area (Å²) in [4.78, 5) is 11.7. The number of halogens is 1. The van der Waals surface area contributed by atoms with E-state index in [1.807, 2.05) is 38.2 Å². The highest BCUT2D eigenvalue weighted by Crippen LogP contribution is 2.21. The van der Waals surface area contributed by atoms with Crippen molar-refractivity contribution in [2.45, 2.75) is 6.92 Å². The summed E-state index contributed by atoms with van der Waals surface area (Å²) < 4.78 is 0.898. The van der Waals surface area contributed by atoms with Crippen LogP contribution in [0.5, 0.6) is 0 Å². The van der Waals surface area contributed by atoms with Crippen molar-refractivity contribution < 1.29 is 4.79 Å². The first-order valence-corrected chi connectivity index (χ1v) is 5.64. The normalized spacial score (nSPS) is 12.2. The van der Waals surface area contributed by atoms with E-state index >= 15 is 0 Å². The lowest BCUT2D eigenvalue weighted by atomic mass is 10.1. The van der Waals surface area contributed by atoms with Crippen molar-refractivity contribution >= 4 is 27.5 Å². The third-order valence-electron chi connectivity index (χ3n) is 2.09. The number of nitrogens with one attached hydrogen (secondary N) is 2. The van der Waals surface area contributed by atoms with Crippen molar-refractivity contribution in [2.24, 2.45) is 5.92 Å². The van der Waals surface area contributed by atoms with Crippen LogP contribution in [0.25, 0.3) is 0 Å². The molecule has 2 N–H and O–H groups in total. The highest BCUT2D eigenvalue weighted by Gasteiger charge is 2.12. The summed E-state index contributed by atoms with van der Waals surface area (Å²) in [6.07, 6.45) is 0. The van der Waals surface area contributed by atoms with Crippen LogP contribution in [0, 0.1) is 5.92 Å². The molecule has 0 radical (unpaired) electrons. The highest BCUT2D eigenvalue weighted by atomic mass is 79.9. The molecule has 1 unspecified atom stereocenters. The van der Waals surface area contributed by atoms with Gasteiger partial charge in [0.15, 0.2) is 0 Å². The summed E-state index contributed by atoms with van der Waals surface area (Å²) in [5.74, 6) is -0.0154. The van der Waals surface area contributed by atoms with Gasteiger partial charge in [0.2, 0.25) is 5.91 Å². The van der Waals surface area contributed by atoms with Crippen LogP contribution in [0.1, 0.15) is 6.92 Å². The van der Waals surface area contributed by atoms with E-state index in [4.69, 9.17) is 0 Å². The quantitative estimate of drug-likeness (QED) is 0.881. The molecular formula is C11H15BrN2O. The Labute approximate surface area is 98.4 Å².